The normalized spacial score (nSPS) is 14.4. The van der Waals surface area contributed by atoms with Gasteiger partial charge >= 0.3 is 0 Å². The zero-order valence-electron chi connectivity index (χ0n) is 20.9. The number of nitriles is 1. The summed E-state index contributed by atoms with van der Waals surface area (Å²) in [7, 11) is 4.17. The van der Waals surface area contributed by atoms with Gasteiger partial charge in [0.15, 0.2) is 0 Å². The van der Waals surface area contributed by atoms with Gasteiger partial charge in [0.25, 0.3) is 0 Å². The lowest BCUT2D eigenvalue weighted by Crippen LogP contribution is -2.48. The fraction of sp³-hybridized carbons (Fsp3) is 0.462. The molecule has 1 saturated heterocycles. The van der Waals surface area contributed by atoms with Crippen molar-refractivity contribution in [3.63, 3.8) is 0 Å². The van der Waals surface area contributed by atoms with E-state index in [0.717, 1.165) is 62.4 Å². The predicted octanol–water partition coefficient (Wildman–Crippen LogP) is 3.19. The van der Waals surface area contributed by atoms with Crippen LogP contribution in [0.1, 0.15) is 30.8 Å². The number of anilines is 2. The third-order valence-electron chi connectivity index (χ3n) is 6.17. The van der Waals surface area contributed by atoms with Gasteiger partial charge < -0.3 is 14.7 Å². The first kappa shape index (κ1) is 24.6. The minimum absolute atomic E-state index is 0.00164. The second-order valence-corrected chi connectivity index (χ2v) is 10.2. The van der Waals surface area contributed by atoms with E-state index < -0.39 is 0 Å². The van der Waals surface area contributed by atoms with E-state index in [2.05, 4.69) is 68.5 Å². The predicted molar refractivity (Wildman–Crippen MR) is 135 cm³/mol. The van der Waals surface area contributed by atoms with Crippen molar-refractivity contribution in [3.05, 3.63) is 65.4 Å². The molecule has 3 aromatic rings. The topological polar surface area (TPSA) is 77.1 Å². The number of aromatic nitrogens is 4. The van der Waals surface area contributed by atoms with E-state index in [-0.39, 0.29) is 11.2 Å². The average molecular weight is 477 g/mol. The van der Waals surface area contributed by atoms with Crippen molar-refractivity contribution < 1.29 is 4.39 Å². The van der Waals surface area contributed by atoms with E-state index in [4.69, 9.17) is 0 Å². The third-order valence-corrected chi connectivity index (χ3v) is 6.17. The second-order valence-electron chi connectivity index (χ2n) is 10.2. The highest BCUT2D eigenvalue weighted by Gasteiger charge is 2.28. The van der Waals surface area contributed by atoms with Gasteiger partial charge in [-0.3, -0.25) is 4.57 Å². The van der Waals surface area contributed by atoms with Crippen LogP contribution in [0.4, 0.5) is 16.2 Å². The van der Waals surface area contributed by atoms with Crippen molar-refractivity contribution in [2.45, 2.75) is 26.8 Å². The quantitative estimate of drug-likeness (QED) is 0.494. The molecule has 184 valence electrons. The van der Waals surface area contributed by atoms with Crippen LogP contribution in [0.3, 0.4) is 0 Å². The van der Waals surface area contributed by atoms with Crippen LogP contribution in [0.25, 0.3) is 0 Å². The largest absolute Gasteiger partial charge is 0.353 e. The smallest absolute Gasteiger partial charge is 0.227 e. The van der Waals surface area contributed by atoms with E-state index in [9.17, 15) is 9.65 Å². The molecule has 2 aromatic heterocycles. The summed E-state index contributed by atoms with van der Waals surface area (Å²) in [5, 5.41) is 18.4. The molecule has 1 aromatic carbocycles. The Morgan fingerprint density at radius 3 is 2.37 bits per heavy atom. The van der Waals surface area contributed by atoms with E-state index in [1.165, 1.54) is 12.1 Å². The first-order valence-electron chi connectivity index (χ1n) is 11.9. The average Bonchev–Trinajstić information content (AvgIpc) is 3.21. The molecule has 8 nitrogen and oxygen atoms in total. The van der Waals surface area contributed by atoms with Crippen LogP contribution in [0, 0.1) is 22.6 Å². The minimum Gasteiger partial charge on any atom is -0.353 e. The first-order valence-corrected chi connectivity index (χ1v) is 11.9. The Morgan fingerprint density at radius 2 is 1.71 bits per heavy atom. The number of hydrogen-bond acceptors (Lipinski definition) is 7. The maximum absolute atomic E-state index is 13.4. The second kappa shape index (κ2) is 10.4. The molecule has 0 saturated carbocycles. The highest BCUT2D eigenvalue weighted by molar-refractivity contribution is 5.47. The number of hydrogen-bond donors (Lipinski definition) is 0. The lowest BCUT2D eigenvalue weighted by molar-refractivity contribution is 0.210. The minimum atomic E-state index is -0.240. The number of benzene rings is 1. The molecule has 0 N–H and O–H groups in total. The van der Waals surface area contributed by atoms with Gasteiger partial charge in [0, 0.05) is 51.9 Å². The van der Waals surface area contributed by atoms with Crippen LogP contribution in [-0.2, 0) is 13.0 Å². The molecule has 0 spiro atoms. The van der Waals surface area contributed by atoms with E-state index in [0.29, 0.717) is 12.0 Å². The van der Waals surface area contributed by atoms with Gasteiger partial charge in [-0.15, -0.1) is 10.2 Å². The van der Waals surface area contributed by atoms with Crippen LogP contribution < -0.4 is 9.80 Å². The molecule has 1 aliphatic rings. The van der Waals surface area contributed by atoms with Gasteiger partial charge in [-0.25, -0.2) is 9.37 Å². The SMILES string of the molecule is CN(C)CC(C)(C)Cn1c(Cc2ccc(F)cc2)nnc1N1CCN(c2cc(C#N)ccn2)CC1. The maximum atomic E-state index is 13.4. The Morgan fingerprint density at radius 1 is 1.03 bits per heavy atom. The van der Waals surface area contributed by atoms with Gasteiger partial charge in [0.05, 0.1) is 11.6 Å². The van der Waals surface area contributed by atoms with Crippen molar-refractivity contribution in [1.82, 2.24) is 24.6 Å². The van der Waals surface area contributed by atoms with Gasteiger partial charge in [-0.05, 0) is 49.3 Å². The van der Waals surface area contributed by atoms with E-state index >= 15 is 0 Å². The molecule has 35 heavy (non-hydrogen) atoms. The standard InChI is InChI=1S/C26H33FN8/c1-26(2,18-32(3)4)19-35-24(15-20-5-7-22(27)8-6-20)30-31-25(35)34-13-11-33(12-14-34)23-16-21(17-28)9-10-29-23/h5-10,16H,11-15,18-19H2,1-4H3. The molecule has 0 aliphatic carbocycles. The Balaban J connectivity index is 1.56. The fourth-order valence-corrected chi connectivity index (χ4v) is 4.77. The number of nitrogens with zero attached hydrogens (tertiary/aromatic N) is 8. The van der Waals surface area contributed by atoms with Crippen LogP contribution in [0.15, 0.2) is 42.6 Å². The lowest BCUT2D eigenvalue weighted by atomic mass is 9.92. The Bertz CT molecular complexity index is 1170. The highest BCUT2D eigenvalue weighted by atomic mass is 19.1. The van der Waals surface area contributed by atoms with Crippen LogP contribution in [0.5, 0.6) is 0 Å². The molecule has 0 unspecified atom stereocenters. The summed E-state index contributed by atoms with van der Waals surface area (Å²) in [6.45, 7) is 9.33. The third kappa shape index (κ3) is 6.14. The number of piperazine rings is 1. The van der Waals surface area contributed by atoms with Gasteiger partial charge in [-0.2, -0.15) is 5.26 Å². The molecule has 4 rings (SSSR count). The molecular formula is C26H33FN8. The zero-order valence-corrected chi connectivity index (χ0v) is 20.9. The molecule has 0 amide bonds. The number of halogens is 1. The van der Waals surface area contributed by atoms with Crippen LogP contribution >= 0.6 is 0 Å². The molecule has 0 bridgehead atoms. The summed E-state index contributed by atoms with van der Waals surface area (Å²) in [5.74, 6) is 2.33. The zero-order chi connectivity index (χ0) is 25.0. The number of pyridine rings is 1. The lowest BCUT2D eigenvalue weighted by Gasteiger charge is -2.37. The van der Waals surface area contributed by atoms with Crippen LogP contribution in [-0.4, -0.2) is 71.5 Å². The highest BCUT2D eigenvalue weighted by Crippen LogP contribution is 2.26. The van der Waals surface area contributed by atoms with Gasteiger partial charge in [-0.1, -0.05) is 26.0 Å². The van der Waals surface area contributed by atoms with Crippen molar-refractivity contribution in [2.75, 3.05) is 56.6 Å². The van der Waals surface area contributed by atoms with E-state index in [1.54, 1.807) is 24.4 Å². The summed E-state index contributed by atoms with van der Waals surface area (Å²) in [6, 6.07) is 12.3. The van der Waals surface area contributed by atoms with Gasteiger partial charge in [0.1, 0.15) is 17.5 Å². The maximum Gasteiger partial charge on any atom is 0.227 e. The summed E-state index contributed by atoms with van der Waals surface area (Å²) < 4.78 is 15.7. The molecule has 9 heteroatoms. The molecule has 1 fully saturated rings. The molecular weight excluding hydrogens is 443 g/mol. The Kier molecular flexibility index (Phi) is 7.31. The van der Waals surface area contributed by atoms with Gasteiger partial charge in [0.2, 0.25) is 5.95 Å². The van der Waals surface area contributed by atoms with Crippen LogP contribution in [0.2, 0.25) is 0 Å². The summed E-state index contributed by atoms with van der Waals surface area (Å²) in [6.07, 6.45) is 2.28. The Labute approximate surface area is 206 Å². The summed E-state index contributed by atoms with van der Waals surface area (Å²) in [5.41, 5.74) is 1.62. The molecule has 1 aliphatic heterocycles. The molecule has 0 radical (unpaired) electrons. The van der Waals surface area contributed by atoms with Crippen molar-refractivity contribution in [1.29, 1.82) is 5.26 Å². The fourth-order valence-electron chi connectivity index (χ4n) is 4.77. The number of rotatable bonds is 8. The van der Waals surface area contributed by atoms with E-state index in [1.807, 2.05) is 6.07 Å². The monoisotopic (exact) mass is 476 g/mol. The summed E-state index contributed by atoms with van der Waals surface area (Å²) >= 11 is 0. The van der Waals surface area contributed by atoms with Crippen molar-refractivity contribution in [3.8, 4) is 6.07 Å². The van der Waals surface area contributed by atoms with Crippen molar-refractivity contribution >= 4 is 11.8 Å². The Hall–Kier alpha value is -3.51. The van der Waals surface area contributed by atoms with Crippen molar-refractivity contribution in [2.24, 2.45) is 5.41 Å². The molecule has 0 atom stereocenters. The molecule has 3 heterocycles. The first-order chi connectivity index (χ1) is 16.7. The summed E-state index contributed by atoms with van der Waals surface area (Å²) in [4.78, 5) is 11.1.